The fraction of sp³-hybridized carbons (Fsp3) is 0. The Morgan fingerprint density at radius 1 is 1.35 bits per heavy atom. The Kier molecular flexibility index (Phi) is 3.20. The molecule has 0 atom stereocenters. The van der Waals surface area contributed by atoms with Crippen molar-refractivity contribution in [2.24, 2.45) is 5.10 Å². The average molecular weight is 229 g/mol. The third-order valence-electron chi connectivity index (χ3n) is 2.10. The van der Waals surface area contributed by atoms with Crippen molar-refractivity contribution in [2.45, 2.75) is 0 Å². The van der Waals surface area contributed by atoms with Crippen LogP contribution in [-0.4, -0.2) is 22.2 Å². The van der Waals surface area contributed by atoms with Crippen LogP contribution in [0.5, 0.6) is 5.75 Å². The minimum absolute atomic E-state index is 0.0472. The number of nitrogens with zero attached hydrogens (tertiary/aromatic N) is 1. The molecule has 5 nitrogen and oxygen atoms in total. The standard InChI is InChI=1S/C12H11N3O2/c16-11-5-1-3-9(7-11)12(17)15-14-8-10-4-2-6-13-10/h1-8,13,16H,(H,15,17)/b14-8+. The van der Waals surface area contributed by atoms with Gasteiger partial charge in [0.1, 0.15) is 5.75 Å². The van der Waals surface area contributed by atoms with Gasteiger partial charge >= 0.3 is 0 Å². The number of phenols is 1. The largest absolute Gasteiger partial charge is 0.508 e. The van der Waals surface area contributed by atoms with Crippen molar-refractivity contribution in [3.05, 3.63) is 53.9 Å². The molecular weight excluding hydrogens is 218 g/mol. The zero-order valence-corrected chi connectivity index (χ0v) is 8.92. The fourth-order valence-corrected chi connectivity index (χ4v) is 1.30. The molecule has 2 rings (SSSR count). The van der Waals surface area contributed by atoms with Gasteiger partial charge in [-0.1, -0.05) is 6.07 Å². The van der Waals surface area contributed by atoms with E-state index in [1.165, 1.54) is 18.3 Å². The Hall–Kier alpha value is -2.56. The molecule has 17 heavy (non-hydrogen) atoms. The topological polar surface area (TPSA) is 77.5 Å². The van der Waals surface area contributed by atoms with Gasteiger partial charge < -0.3 is 10.1 Å². The lowest BCUT2D eigenvalue weighted by Crippen LogP contribution is -2.17. The predicted molar refractivity (Wildman–Crippen MR) is 64.0 cm³/mol. The first-order valence-electron chi connectivity index (χ1n) is 5.01. The first-order valence-corrected chi connectivity index (χ1v) is 5.01. The van der Waals surface area contributed by atoms with Crippen molar-refractivity contribution >= 4 is 12.1 Å². The summed E-state index contributed by atoms with van der Waals surface area (Å²) in [5.74, 6) is -0.324. The molecule has 5 heteroatoms. The van der Waals surface area contributed by atoms with Crippen LogP contribution in [0.2, 0.25) is 0 Å². The van der Waals surface area contributed by atoms with E-state index in [9.17, 15) is 9.90 Å². The monoisotopic (exact) mass is 229 g/mol. The fourth-order valence-electron chi connectivity index (χ4n) is 1.30. The van der Waals surface area contributed by atoms with Crippen LogP contribution in [0.4, 0.5) is 0 Å². The quantitative estimate of drug-likeness (QED) is 0.550. The second-order valence-corrected chi connectivity index (χ2v) is 3.37. The minimum atomic E-state index is -0.372. The summed E-state index contributed by atoms with van der Waals surface area (Å²) in [4.78, 5) is 14.5. The molecule has 0 spiro atoms. The van der Waals surface area contributed by atoms with Gasteiger partial charge in [-0.05, 0) is 30.3 Å². The Bertz CT molecular complexity index is 532. The van der Waals surface area contributed by atoms with Crippen LogP contribution in [-0.2, 0) is 0 Å². The van der Waals surface area contributed by atoms with Crippen molar-refractivity contribution in [1.29, 1.82) is 0 Å². The smallest absolute Gasteiger partial charge is 0.271 e. The number of nitrogens with one attached hydrogen (secondary N) is 2. The number of carbonyl (C=O) groups excluding carboxylic acids is 1. The van der Waals surface area contributed by atoms with Crippen LogP contribution < -0.4 is 5.43 Å². The van der Waals surface area contributed by atoms with E-state index < -0.39 is 0 Å². The molecule has 0 bridgehead atoms. The summed E-state index contributed by atoms with van der Waals surface area (Å²) < 4.78 is 0. The summed E-state index contributed by atoms with van der Waals surface area (Å²) in [7, 11) is 0. The molecule has 0 aliphatic heterocycles. The molecule has 1 aromatic carbocycles. The zero-order valence-electron chi connectivity index (χ0n) is 8.92. The molecule has 3 N–H and O–H groups in total. The average Bonchev–Trinajstić information content (AvgIpc) is 2.82. The third kappa shape index (κ3) is 2.94. The summed E-state index contributed by atoms with van der Waals surface area (Å²) in [5, 5.41) is 13.0. The van der Waals surface area contributed by atoms with Gasteiger partial charge in [0.25, 0.3) is 5.91 Å². The molecule has 86 valence electrons. The number of aromatic amines is 1. The molecule has 1 heterocycles. The Morgan fingerprint density at radius 2 is 2.24 bits per heavy atom. The molecule has 0 saturated carbocycles. The van der Waals surface area contributed by atoms with Gasteiger partial charge in [-0.25, -0.2) is 5.43 Å². The SMILES string of the molecule is O=C(N/N=C/c1ccc[nH]1)c1cccc(O)c1. The summed E-state index contributed by atoms with van der Waals surface area (Å²) in [6.45, 7) is 0. The Morgan fingerprint density at radius 3 is 2.94 bits per heavy atom. The van der Waals surface area contributed by atoms with Crippen molar-refractivity contribution in [3.63, 3.8) is 0 Å². The minimum Gasteiger partial charge on any atom is -0.508 e. The van der Waals surface area contributed by atoms with Gasteiger partial charge in [-0.15, -0.1) is 0 Å². The number of benzene rings is 1. The Labute approximate surface area is 97.8 Å². The number of hydrazone groups is 1. The van der Waals surface area contributed by atoms with E-state index in [2.05, 4.69) is 15.5 Å². The van der Waals surface area contributed by atoms with E-state index in [0.717, 1.165) is 5.69 Å². The number of aromatic hydroxyl groups is 1. The molecular formula is C12H11N3O2. The number of amides is 1. The van der Waals surface area contributed by atoms with E-state index in [-0.39, 0.29) is 11.7 Å². The van der Waals surface area contributed by atoms with E-state index in [0.29, 0.717) is 5.56 Å². The van der Waals surface area contributed by atoms with Gasteiger partial charge in [0.05, 0.1) is 11.9 Å². The van der Waals surface area contributed by atoms with Gasteiger partial charge in [-0.3, -0.25) is 4.79 Å². The van der Waals surface area contributed by atoms with E-state index in [1.807, 2.05) is 12.1 Å². The number of rotatable bonds is 3. The maximum absolute atomic E-state index is 11.6. The molecule has 0 aliphatic carbocycles. The molecule has 0 saturated heterocycles. The van der Waals surface area contributed by atoms with Gasteiger partial charge in [0.2, 0.25) is 0 Å². The number of hydrogen-bond acceptors (Lipinski definition) is 3. The normalized spacial score (nSPS) is 10.6. The number of phenolic OH excluding ortho intramolecular Hbond substituents is 1. The summed E-state index contributed by atoms with van der Waals surface area (Å²) in [6.07, 6.45) is 3.26. The maximum Gasteiger partial charge on any atom is 0.271 e. The zero-order chi connectivity index (χ0) is 12.1. The van der Waals surface area contributed by atoms with Crippen molar-refractivity contribution < 1.29 is 9.90 Å². The van der Waals surface area contributed by atoms with Crippen LogP contribution in [0, 0.1) is 0 Å². The van der Waals surface area contributed by atoms with Crippen LogP contribution in [0.1, 0.15) is 16.1 Å². The molecule has 0 radical (unpaired) electrons. The van der Waals surface area contributed by atoms with Gasteiger partial charge in [0, 0.05) is 11.8 Å². The maximum atomic E-state index is 11.6. The highest BCUT2D eigenvalue weighted by Gasteiger charge is 2.03. The second kappa shape index (κ2) is 4.98. The first kappa shape index (κ1) is 10.9. The van der Waals surface area contributed by atoms with Crippen molar-refractivity contribution in [3.8, 4) is 5.75 Å². The number of carbonyl (C=O) groups is 1. The third-order valence-corrected chi connectivity index (χ3v) is 2.10. The lowest BCUT2D eigenvalue weighted by atomic mass is 10.2. The van der Waals surface area contributed by atoms with E-state index in [1.54, 1.807) is 18.3 Å². The van der Waals surface area contributed by atoms with Crippen LogP contribution in [0.3, 0.4) is 0 Å². The summed E-state index contributed by atoms with van der Waals surface area (Å²) >= 11 is 0. The highest BCUT2D eigenvalue weighted by atomic mass is 16.3. The van der Waals surface area contributed by atoms with E-state index in [4.69, 9.17) is 0 Å². The van der Waals surface area contributed by atoms with Gasteiger partial charge in [-0.2, -0.15) is 5.10 Å². The molecule has 0 unspecified atom stereocenters. The lowest BCUT2D eigenvalue weighted by molar-refractivity contribution is 0.0954. The highest BCUT2D eigenvalue weighted by Crippen LogP contribution is 2.10. The highest BCUT2D eigenvalue weighted by molar-refractivity contribution is 5.95. The van der Waals surface area contributed by atoms with Gasteiger partial charge in [0.15, 0.2) is 0 Å². The molecule has 1 aromatic heterocycles. The second-order valence-electron chi connectivity index (χ2n) is 3.37. The Balaban J connectivity index is 1.98. The van der Waals surface area contributed by atoms with Crippen LogP contribution in [0.25, 0.3) is 0 Å². The van der Waals surface area contributed by atoms with Crippen molar-refractivity contribution in [1.82, 2.24) is 10.4 Å². The number of aromatic nitrogens is 1. The molecule has 2 aromatic rings. The molecule has 0 aliphatic rings. The number of H-pyrrole nitrogens is 1. The predicted octanol–water partition coefficient (Wildman–Crippen LogP) is 1.48. The van der Waals surface area contributed by atoms with Crippen LogP contribution in [0.15, 0.2) is 47.7 Å². The summed E-state index contributed by atoms with van der Waals surface area (Å²) in [6, 6.07) is 9.72. The number of hydrogen-bond donors (Lipinski definition) is 3. The summed E-state index contributed by atoms with van der Waals surface area (Å²) in [5.41, 5.74) is 3.51. The van der Waals surface area contributed by atoms with E-state index >= 15 is 0 Å². The molecule has 1 amide bonds. The van der Waals surface area contributed by atoms with Crippen molar-refractivity contribution in [2.75, 3.05) is 0 Å². The van der Waals surface area contributed by atoms with Crippen LogP contribution >= 0.6 is 0 Å². The lowest BCUT2D eigenvalue weighted by Gasteiger charge is -1.99. The first-order chi connectivity index (χ1) is 8.25. The molecule has 0 fully saturated rings.